The summed E-state index contributed by atoms with van der Waals surface area (Å²) in [5, 5.41) is 9.44. The zero-order valence-corrected chi connectivity index (χ0v) is 17.1. The molecule has 0 aliphatic heterocycles. The molecule has 0 unspecified atom stereocenters. The van der Waals surface area contributed by atoms with Crippen LogP contribution in [0.1, 0.15) is 37.5 Å². The molecule has 0 aromatic carbocycles. The maximum atomic E-state index is 12.6. The third-order valence-corrected chi connectivity index (χ3v) is 6.55. The van der Waals surface area contributed by atoms with Gasteiger partial charge in [-0.2, -0.15) is 0 Å². The van der Waals surface area contributed by atoms with Crippen LogP contribution in [0, 0.1) is 13.8 Å². The van der Waals surface area contributed by atoms with E-state index in [0.29, 0.717) is 5.76 Å². The van der Waals surface area contributed by atoms with Crippen molar-refractivity contribution in [2.45, 2.75) is 19.9 Å². The van der Waals surface area contributed by atoms with E-state index in [2.05, 4.69) is 40.9 Å². The van der Waals surface area contributed by atoms with Gasteiger partial charge in [-0.05, 0) is 55.1 Å². The Kier molecular flexibility index (Phi) is 5.27. The molecule has 0 aliphatic rings. The number of nitrogens with one attached hydrogen (secondary N) is 2. The van der Waals surface area contributed by atoms with E-state index in [1.165, 1.54) is 6.26 Å². The summed E-state index contributed by atoms with van der Waals surface area (Å²) in [5.41, 5.74) is 2.21. The molecule has 0 saturated heterocycles. The molecule has 4 heterocycles. The lowest BCUT2D eigenvalue weighted by molar-refractivity contribution is 0.0997. The first-order valence-electron chi connectivity index (χ1n) is 8.79. The minimum atomic E-state index is -0.254. The number of amides is 1. The maximum Gasteiger partial charge on any atom is 0.291 e. The van der Waals surface area contributed by atoms with Crippen molar-refractivity contribution in [3.05, 3.63) is 86.9 Å². The van der Waals surface area contributed by atoms with Crippen molar-refractivity contribution < 1.29 is 9.21 Å². The van der Waals surface area contributed by atoms with Gasteiger partial charge in [-0.3, -0.25) is 4.79 Å². The zero-order chi connectivity index (χ0) is 19.5. The fourth-order valence-electron chi connectivity index (χ4n) is 2.99. The molecule has 0 spiro atoms. The molecular formula is C21H19N3O2S2. The van der Waals surface area contributed by atoms with Crippen LogP contribution in [0.4, 0.5) is 10.8 Å². The Labute approximate surface area is 171 Å². The van der Waals surface area contributed by atoms with Gasteiger partial charge in [0.2, 0.25) is 0 Å². The predicted molar refractivity (Wildman–Crippen MR) is 114 cm³/mol. The van der Waals surface area contributed by atoms with Crippen LogP contribution in [0.2, 0.25) is 0 Å². The van der Waals surface area contributed by atoms with E-state index in [0.717, 1.165) is 31.7 Å². The number of hydrogen-bond acceptors (Lipinski definition) is 6. The molecule has 0 saturated carbocycles. The lowest BCUT2D eigenvalue weighted by Gasteiger charge is -2.20. The largest absolute Gasteiger partial charge is 0.459 e. The maximum absolute atomic E-state index is 12.6. The molecule has 0 aliphatic carbocycles. The summed E-state index contributed by atoms with van der Waals surface area (Å²) in [7, 11) is 0. The lowest BCUT2D eigenvalue weighted by Crippen LogP contribution is -2.17. The molecule has 4 aromatic heterocycles. The molecule has 4 aromatic rings. The van der Waals surface area contributed by atoms with E-state index in [4.69, 9.17) is 4.42 Å². The number of furan rings is 1. The van der Waals surface area contributed by atoms with Gasteiger partial charge < -0.3 is 15.1 Å². The van der Waals surface area contributed by atoms with E-state index < -0.39 is 0 Å². The van der Waals surface area contributed by atoms with Gasteiger partial charge in [-0.1, -0.05) is 12.1 Å². The van der Waals surface area contributed by atoms with Gasteiger partial charge in [0.15, 0.2) is 5.76 Å². The average molecular weight is 410 g/mol. The molecule has 0 fully saturated rings. The Bertz CT molecular complexity index is 1050. The fraction of sp³-hybridized carbons (Fsp3) is 0.143. The van der Waals surface area contributed by atoms with Crippen LogP contribution in [-0.2, 0) is 0 Å². The Morgan fingerprint density at radius 3 is 2.71 bits per heavy atom. The molecule has 5 nitrogen and oxygen atoms in total. The summed E-state index contributed by atoms with van der Waals surface area (Å²) < 4.78 is 5.24. The Morgan fingerprint density at radius 2 is 2.04 bits per heavy atom. The predicted octanol–water partition coefficient (Wildman–Crippen LogP) is 5.87. The van der Waals surface area contributed by atoms with Gasteiger partial charge in [0.1, 0.15) is 10.8 Å². The number of aryl methyl sites for hydroxylation is 1. The van der Waals surface area contributed by atoms with Crippen molar-refractivity contribution in [2.75, 3.05) is 10.6 Å². The monoisotopic (exact) mass is 409 g/mol. The minimum Gasteiger partial charge on any atom is -0.459 e. The van der Waals surface area contributed by atoms with Gasteiger partial charge in [0.25, 0.3) is 5.91 Å². The summed E-state index contributed by atoms with van der Waals surface area (Å²) in [5.74, 6) is 0.822. The first-order valence-corrected chi connectivity index (χ1v) is 10.5. The number of carbonyl (C=O) groups excluding carboxylic acids is 1. The number of rotatable bonds is 6. The van der Waals surface area contributed by atoms with Gasteiger partial charge in [0.05, 0.1) is 12.3 Å². The van der Waals surface area contributed by atoms with Gasteiger partial charge in [-0.25, -0.2) is 4.98 Å². The van der Waals surface area contributed by atoms with Crippen molar-refractivity contribution >= 4 is 39.4 Å². The normalized spacial score (nSPS) is 11.9. The van der Waals surface area contributed by atoms with E-state index in [9.17, 15) is 4.79 Å². The molecular weight excluding hydrogens is 390 g/mol. The Balaban J connectivity index is 1.74. The fourth-order valence-corrected chi connectivity index (χ4v) is 4.87. The molecule has 0 radical (unpaired) electrons. The first-order chi connectivity index (χ1) is 13.6. The molecule has 28 heavy (non-hydrogen) atoms. The molecule has 0 bridgehead atoms. The summed E-state index contributed by atoms with van der Waals surface area (Å²) in [6, 6.07) is 13.1. The van der Waals surface area contributed by atoms with Crippen molar-refractivity contribution in [3.8, 4) is 0 Å². The van der Waals surface area contributed by atoms with Crippen LogP contribution in [0.5, 0.6) is 0 Å². The number of nitrogens with zero attached hydrogens (tertiary/aromatic N) is 1. The number of hydrogen-bond donors (Lipinski definition) is 2. The molecule has 4 rings (SSSR count). The second-order valence-corrected chi connectivity index (χ2v) is 8.47. The number of thiophene rings is 2. The summed E-state index contributed by atoms with van der Waals surface area (Å²) in [6.45, 7) is 4.16. The molecule has 7 heteroatoms. The van der Waals surface area contributed by atoms with Crippen LogP contribution < -0.4 is 10.6 Å². The SMILES string of the molecule is Cc1sc(NC(=O)c2ccco2)c([C@@H](Nc2ccccn2)c2cccs2)c1C. The molecule has 1 atom stereocenters. The van der Waals surface area contributed by atoms with Crippen LogP contribution >= 0.6 is 22.7 Å². The highest BCUT2D eigenvalue weighted by Gasteiger charge is 2.26. The number of aromatic nitrogens is 1. The van der Waals surface area contributed by atoms with Crippen molar-refractivity contribution in [1.82, 2.24) is 4.98 Å². The molecule has 2 N–H and O–H groups in total. The molecule has 1 amide bonds. The van der Waals surface area contributed by atoms with Gasteiger partial charge in [-0.15, -0.1) is 22.7 Å². The third kappa shape index (κ3) is 3.72. The van der Waals surface area contributed by atoms with E-state index in [-0.39, 0.29) is 11.9 Å². The Morgan fingerprint density at radius 1 is 1.14 bits per heavy atom. The van der Waals surface area contributed by atoms with Crippen molar-refractivity contribution in [3.63, 3.8) is 0 Å². The summed E-state index contributed by atoms with van der Waals surface area (Å²) in [4.78, 5) is 19.3. The standard InChI is InChI=1S/C21H19N3O2S2/c1-13-14(2)28-21(24-20(25)15-7-5-11-26-15)18(13)19(16-8-6-12-27-16)23-17-9-3-4-10-22-17/h3-12,19H,1-2H3,(H,22,23)(H,24,25)/t19-/m0/s1. The number of anilines is 2. The quantitative estimate of drug-likeness (QED) is 0.418. The lowest BCUT2D eigenvalue weighted by atomic mass is 10.0. The molecule has 142 valence electrons. The highest BCUT2D eigenvalue weighted by Crippen LogP contribution is 2.42. The van der Waals surface area contributed by atoms with Crippen LogP contribution in [0.25, 0.3) is 0 Å². The average Bonchev–Trinajstić information content (AvgIpc) is 3.45. The van der Waals surface area contributed by atoms with Crippen LogP contribution in [-0.4, -0.2) is 10.9 Å². The smallest absolute Gasteiger partial charge is 0.291 e. The third-order valence-electron chi connectivity index (χ3n) is 4.48. The first kappa shape index (κ1) is 18.5. The van der Waals surface area contributed by atoms with E-state index in [1.807, 2.05) is 24.3 Å². The van der Waals surface area contributed by atoms with Crippen LogP contribution in [0.15, 0.2) is 64.7 Å². The van der Waals surface area contributed by atoms with E-state index in [1.54, 1.807) is 41.0 Å². The van der Waals surface area contributed by atoms with Crippen molar-refractivity contribution in [2.24, 2.45) is 0 Å². The van der Waals surface area contributed by atoms with Crippen molar-refractivity contribution in [1.29, 1.82) is 0 Å². The Hall–Kier alpha value is -2.90. The summed E-state index contributed by atoms with van der Waals surface area (Å²) in [6.07, 6.45) is 3.26. The topological polar surface area (TPSA) is 67.2 Å². The number of carbonyl (C=O) groups is 1. The highest BCUT2D eigenvalue weighted by molar-refractivity contribution is 7.16. The van der Waals surface area contributed by atoms with E-state index >= 15 is 0 Å². The van der Waals surface area contributed by atoms with Crippen LogP contribution in [0.3, 0.4) is 0 Å². The second kappa shape index (κ2) is 8.00. The van der Waals surface area contributed by atoms with Gasteiger partial charge >= 0.3 is 0 Å². The van der Waals surface area contributed by atoms with Gasteiger partial charge in [0, 0.05) is 21.5 Å². The zero-order valence-electron chi connectivity index (χ0n) is 15.4. The minimum absolute atomic E-state index is 0.119. The number of pyridine rings is 1. The summed E-state index contributed by atoms with van der Waals surface area (Å²) >= 11 is 3.24. The highest BCUT2D eigenvalue weighted by atomic mass is 32.1. The second-order valence-electron chi connectivity index (χ2n) is 6.27.